The molecule has 0 fully saturated rings. The summed E-state index contributed by atoms with van der Waals surface area (Å²) in [5.74, 6) is 1.09. The van der Waals surface area contributed by atoms with Crippen molar-refractivity contribution >= 4 is 11.6 Å². The predicted molar refractivity (Wildman–Crippen MR) is 129 cm³/mol. The molecule has 6 nitrogen and oxygen atoms in total. The van der Waals surface area contributed by atoms with Crippen LogP contribution in [0.4, 0.5) is 5.69 Å². The van der Waals surface area contributed by atoms with Crippen LogP contribution >= 0.6 is 0 Å². The van der Waals surface area contributed by atoms with E-state index in [0.717, 1.165) is 34.7 Å². The standard InChI is InChI=1S/C26H34N4O2/c1-7-32-25-28-24(22-11-9-8-10-19(22)3)30(29-25)21-14-12-20(13-15-21)27-23(31)16-18(2)17-26(4,5)6/h8-15,18H,7,16-17H2,1-6H3,(H,27,31). The molecule has 3 rings (SSSR count). The second-order valence-electron chi connectivity index (χ2n) is 9.55. The largest absolute Gasteiger partial charge is 0.463 e. The third-order valence-electron chi connectivity index (χ3n) is 5.14. The van der Waals surface area contributed by atoms with Crippen molar-refractivity contribution in [1.82, 2.24) is 14.8 Å². The Labute approximate surface area is 191 Å². The molecule has 0 saturated heterocycles. The van der Waals surface area contributed by atoms with Crippen LogP contribution in [0.5, 0.6) is 6.01 Å². The molecule has 0 aliphatic carbocycles. The van der Waals surface area contributed by atoms with Crippen molar-refractivity contribution in [2.45, 2.75) is 54.4 Å². The first kappa shape index (κ1) is 23.5. The Hall–Kier alpha value is -3.15. The van der Waals surface area contributed by atoms with Crippen LogP contribution in [0.25, 0.3) is 17.1 Å². The molecule has 32 heavy (non-hydrogen) atoms. The maximum atomic E-state index is 12.5. The average Bonchev–Trinajstić information content (AvgIpc) is 3.11. The van der Waals surface area contributed by atoms with Crippen molar-refractivity contribution in [3.8, 4) is 23.1 Å². The lowest BCUT2D eigenvalue weighted by Crippen LogP contribution is -2.18. The van der Waals surface area contributed by atoms with E-state index in [9.17, 15) is 4.79 Å². The first-order valence-electron chi connectivity index (χ1n) is 11.2. The lowest BCUT2D eigenvalue weighted by molar-refractivity contribution is -0.117. The fourth-order valence-electron chi connectivity index (χ4n) is 3.99. The van der Waals surface area contributed by atoms with Gasteiger partial charge in [-0.15, -0.1) is 5.10 Å². The van der Waals surface area contributed by atoms with Gasteiger partial charge < -0.3 is 10.1 Å². The zero-order valence-corrected chi connectivity index (χ0v) is 20.0. The number of anilines is 1. The van der Waals surface area contributed by atoms with E-state index >= 15 is 0 Å². The van der Waals surface area contributed by atoms with Gasteiger partial charge in [-0.25, -0.2) is 4.68 Å². The molecule has 3 aromatic rings. The number of aryl methyl sites for hydroxylation is 1. The lowest BCUT2D eigenvalue weighted by atomic mass is 9.84. The Kier molecular flexibility index (Phi) is 7.33. The number of ether oxygens (including phenoxy) is 1. The third-order valence-corrected chi connectivity index (χ3v) is 5.14. The van der Waals surface area contributed by atoms with Crippen LogP contribution in [0, 0.1) is 18.3 Å². The lowest BCUT2D eigenvalue weighted by Gasteiger charge is -2.22. The molecule has 0 aliphatic rings. The first-order valence-corrected chi connectivity index (χ1v) is 11.2. The molecule has 170 valence electrons. The highest BCUT2D eigenvalue weighted by Gasteiger charge is 2.18. The quantitative estimate of drug-likeness (QED) is 0.469. The smallest absolute Gasteiger partial charge is 0.336 e. The molecule has 2 aromatic carbocycles. The number of nitrogens with zero attached hydrogens (tertiary/aromatic N) is 3. The molecular formula is C26H34N4O2. The maximum absolute atomic E-state index is 12.5. The SMILES string of the molecule is CCOc1nc(-c2ccccc2C)n(-c2ccc(NC(=O)CC(C)CC(C)(C)C)cc2)n1. The summed E-state index contributed by atoms with van der Waals surface area (Å²) in [7, 11) is 0. The van der Waals surface area contributed by atoms with Crippen molar-refractivity contribution in [1.29, 1.82) is 0 Å². The van der Waals surface area contributed by atoms with Crippen LogP contribution in [-0.4, -0.2) is 27.3 Å². The van der Waals surface area contributed by atoms with E-state index in [1.807, 2.05) is 62.4 Å². The van der Waals surface area contributed by atoms with Crippen molar-refractivity contribution in [2.24, 2.45) is 11.3 Å². The summed E-state index contributed by atoms with van der Waals surface area (Å²) in [6, 6.07) is 16.1. The van der Waals surface area contributed by atoms with Gasteiger partial charge in [-0.05, 0) is 61.4 Å². The number of nitrogens with one attached hydrogen (secondary N) is 1. The van der Waals surface area contributed by atoms with E-state index in [0.29, 0.717) is 25.0 Å². The highest BCUT2D eigenvalue weighted by Crippen LogP contribution is 2.28. The van der Waals surface area contributed by atoms with Crippen LogP contribution < -0.4 is 10.1 Å². The Morgan fingerprint density at radius 2 is 1.81 bits per heavy atom. The van der Waals surface area contributed by atoms with Crippen LogP contribution in [0.2, 0.25) is 0 Å². The van der Waals surface area contributed by atoms with Crippen molar-refractivity contribution < 1.29 is 9.53 Å². The number of rotatable bonds is 8. The van der Waals surface area contributed by atoms with E-state index < -0.39 is 0 Å². The summed E-state index contributed by atoms with van der Waals surface area (Å²) in [5.41, 5.74) is 3.94. The van der Waals surface area contributed by atoms with Gasteiger partial charge in [0.1, 0.15) is 0 Å². The molecule has 6 heteroatoms. The minimum absolute atomic E-state index is 0.0366. The molecule has 1 N–H and O–H groups in total. The van der Waals surface area contributed by atoms with Gasteiger partial charge in [-0.2, -0.15) is 4.98 Å². The minimum atomic E-state index is 0.0366. The summed E-state index contributed by atoms with van der Waals surface area (Å²) in [4.78, 5) is 17.1. The molecule has 1 aromatic heterocycles. The van der Waals surface area contributed by atoms with Gasteiger partial charge in [0, 0.05) is 17.7 Å². The number of benzene rings is 2. The van der Waals surface area contributed by atoms with Crippen molar-refractivity contribution in [3.05, 3.63) is 54.1 Å². The topological polar surface area (TPSA) is 69.0 Å². The molecule has 0 aliphatic heterocycles. The highest BCUT2D eigenvalue weighted by atomic mass is 16.5. The number of hydrogen-bond donors (Lipinski definition) is 1. The molecular weight excluding hydrogens is 400 g/mol. The van der Waals surface area contributed by atoms with Gasteiger partial charge in [0.05, 0.1) is 12.3 Å². The number of hydrogen-bond acceptors (Lipinski definition) is 4. The average molecular weight is 435 g/mol. The van der Waals surface area contributed by atoms with Crippen LogP contribution in [0.3, 0.4) is 0 Å². The van der Waals surface area contributed by atoms with E-state index in [-0.39, 0.29) is 11.3 Å². The van der Waals surface area contributed by atoms with E-state index in [1.165, 1.54) is 0 Å². The summed E-state index contributed by atoms with van der Waals surface area (Å²) < 4.78 is 7.34. The van der Waals surface area contributed by atoms with Gasteiger partial charge >= 0.3 is 6.01 Å². The summed E-state index contributed by atoms with van der Waals surface area (Å²) in [5, 5.41) is 7.56. The van der Waals surface area contributed by atoms with Gasteiger partial charge in [0.15, 0.2) is 5.82 Å². The van der Waals surface area contributed by atoms with Gasteiger partial charge in [0.25, 0.3) is 0 Å². The number of aromatic nitrogens is 3. The second-order valence-corrected chi connectivity index (χ2v) is 9.55. The molecule has 1 atom stereocenters. The van der Waals surface area contributed by atoms with Gasteiger partial charge in [-0.1, -0.05) is 52.0 Å². The van der Waals surface area contributed by atoms with Crippen LogP contribution in [0.15, 0.2) is 48.5 Å². The van der Waals surface area contributed by atoms with E-state index in [2.05, 4.69) is 43.1 Å². The van der Waals surface area contributed by atoms with Crippen molar-refractivity contribution in [3.63, 3.8) is 0 Å². The zero-order valence-electron chi connectivity index (χ0n) is 20.0. The zero-order chi connectivity index (χ0) is 23.3. The Morgan fingerprint density at radius 1 is 1.12 bits per heavy atom. The monoisotopic (exact) mass is 434 g/mol. The van der Waals surface area contributed by atoms with Crippen molar-refractivity contribution in [2.75, 3.05) is 11.9 Å². The summed E-state index contributed by atoms with van der Waals surface area (Å²) in [6.07, 6.45) is 1.52. The normalized spacial score (nSPS) is 12.4. The Bertz CT molecular complexity index is 1050. The number of amides is 1. The van der Waals surface area contributed by atoms with Crippen LogP contribution in [-0.2, 0) is 4.79 Å². The Balaban J connectivity index is 1.79. The number of carbonyl (C=O) groups is 1. The first-order chi connectivity index (χ1) is 15.2. The fraction of sp³-hybridized carbons (Fsp3) is 0.423. The van der Waals surface area contributed by atoms with Gasteiger partial charge in [0.2, 0.25) is 5.91 Å². The molecule has 0 radical (unpaired) electrons. The summed E-state index contributed by atoms with van der Waals surface area (Å²) in [6.45, 7) is 13.2. The second kappa shape index (κ2) is 9.98. The minimum Gasteiger partial charge on any atom is -0.463 e. The highest BCUT2D eigenvalue weighted by molar-refractivity contribution is 5.90. The fourth-order valence-corrected chi connectivity index (χ4v) is 3.99. The van der Waals surface area contributed by atoms with E-state index in [1.54, 1.807) is 4.68 Å². The molecule has 1 amide bonds. The molecule has 0 saturated carbocycles. The predicted octanol–water partition coefficient (Wildman–Crippen LogP) is 6.04. The van der Waals surface area contributed by atoms with Gasteiger partial charge in [-0.3, -0.25) is 4.79 Å². The maximum Gasteiger partial charge on any atom is 0.336 e. The third kappa shape index (κ3) is 6.19. The number of carbonyl (C=O) groups excluding carboxylic acids is 1. The molecule has 1 unspecified atom stereocenters. The molecule has 0 spiro atoms. The van der Waals surface area contributed by atoms with E-state index in [4.69, 9.17) is 4.74 Å². The Morgan fingerprint density at radius 3 is 2.44 bits per heavy atom. The summed E-state index contributed by atoms with van der Waals surface area (Å²) >= 11 is 0. The molecule has 0 bridgehead atoms. The molecule has 1 heterocycles. The van der Waals surface area contributed by atoms with Crippen LogP contribution in [0.1, 0.15) is 53.0 Å².